The predicted octanol–water partition coefficient (Wildman–Crippen LogP) is 12.6. The largest absolute Gasteiger partial charge is 0.466 e. The molecule has 6 nitrogen and oxygen atoms in total. The van der Waals surface area contributed by atoms with Crippen LogP contribution >= 0.6 is 0 Å². The van der Waals surface area contributed by atoms with Crippen LogP contribution in [0.4, 0.5) is 0 Å². The summed E-state index contributed by atoms with van der Waals surface area (Å²) in [6.45, 7) is 37.7. The Labute approximate surface area is 286 Å². The van der Waals surface area contributed by atoms with Crippen LogP contribution < -0.4 is 0 Å². The normalized spacial score (nSPS) is 12.5. The highest BCUT2D eigenvalue weighted by Crippen LogP contribution is 2.42. The van der Waals surface area contributed by atoms with E-state index in [2.05, 4.69) is 69.2 Å². The first-order valence-electron chi connectivity index (χ1n) is 15.0. The van der Waals surface area contributed by atoms with Crippen LogP contribution in [0, 0.1) is 45.3 Å². The smallest absolute Gasteiger partial charge is 0.312 e. The quantitative estimate of drug-likeness (QED) is 0.163. The van der Waals surface area contributed by atoms with Crippen LogP contribution in [-0.4, -0.2) is 37.7 Å². The summed E-state index contributed by atoms with van der Waals surface area (Å²) in [5, 5.41) is 0. The predicted molar refractivity (Wildman–Crippen MR) is 204 cm³/mol. The van der Waals surface area contributed by atoms with Crippen LogP contribution in [0.15, 0.2) is 0 Å². The first kappa shape index (κ1) is 65.9. The molecule has 0 rings (SSSR count). The second-order valence-electron chi connectivity index (χ2n) is 13.4. The van der Waals surface area contributed by atoms with Crippen LogP contribution in [0.2, 0.25) is 0 Å². The van der Waals surface area contributed by atoms with E-state index in [1.165, 1.54) is 0 Å². The van der Waals surface area contributed by atoms with Crippen molar-refractivity contribution in [2.75, 3.05) is 19.8 Å². The standard InChI is InChI=1S/3C11H22O2.6CH4/c1-7-11(6,10(3,4)5)9(12)13-8-2;1-7-13-10(12)11(5,6)9(4)8(2)3;1-7-13-10(12)11(6,8(2)3)9(4)5;;;;;;/h7-8H2,1-6H3;2*8-9H,7H2,1-6H3;6*1H4. The highest BCUT2D eigenvalue weighted by molar-refractivity contribution is 5.77. The molecule has 2 unspecified atom stereocenters. The van der Waals surface area contributed by atoms with Gasteiger partial charge in [0, 0.05) is 0 Å². The second kappa shape index (κ2) is 28.6. The van der Waals surface area contributed by atoms with Gasteiger partial charge in [0.1, 0.15) is 0 Å². The van der Waals surface area contributed by atoms with Gasteiger partial charge in [-0.05, 0) is 84.0 Å². The summed E-state index contributed by atoms with van der Waals surface area (Å²) in [6.07, 6.45) is 0.815. The fraction of sp³-hybridized carbons (Fsp3) is 0.923. The summed E-state index contributed by atoms with van der Waals surface area (Å²) in [5.41, 5.74) is -1.14. The lowest BCUT2D eigenvalue weighted by Crippen LogP contribution is -2.41. The molecule has 0 aromatic carbocycles. The molecule has 0 heterocycles. The average Bonchev–Trinajstić information content (AvgIpc) is 2.82. The Morgan fingerprint density at radius 1 is 0.511 bits per heavy atom. The molecule has 0 aliphatic heterocycles. The SMILES string of the molecule is C.C.C.C.C.C.CCOC(=O)C(C)(C(C)C)C(C)C.CCOC(=O)C(C)(C)C(C)C(C)C.CCOC(=O)C(C)(CC)C(C)(C)C. The number of hydrogen-bond donors (Lipinski definition) is 0. The Morgan fingerprint density at radius 2 is 0.800 bits per heavy atom. The highest BCUT2D eigenvalue weighted by Gasteiger charge is 2.44. The fourth-order valence-corrected chi connectivity index (χ4v) is 4.03. The molecule has 0 aliphatic carbocycles. The lowest BCUT2D eigenvalue weighted by molar-refractivity contribution is -0.162. The van der Waals surface area contributed by atoms with E-state index in [1.807, 2.05) is 55.4 Å². The fourth-order valence-electron chi connectivity index (χ4n) is 4.03. The average molecular weight is 655 g/mol. The van der Waals surface area contributed by atoms with Gasteiger partial charge in [0.25, 0.3) is 0 Å². The number of esters is 3. The molecular formula is C39H90O6. The van der Waals surface area contributed by atoms with Gasteiger partial charge in [-0.1, -0.05) is 121 Å². The molecule has 0 spiro atoms. The zero-order valence-corrected chi connectivity index (χ0v) is 29.1. The van der Waals surface area contributed by atoms with Crippen molar-refractivity contribution in [1.29, 1.82) is 0 Å². The van der Waals surface area contributed by atoms with Crippen LogP contribution in [0.1, 0.15) is 176 Å². The first-order chi connectivity index (χ1) is 17.5. The van der Waals surface area contributed by atoms with E-state index in [0.29, 0.717) is 43.5 Å². The highest BCUT2D eigenvalue weighted by atomic mass is 16.5. The van der Waals surface area contributed by atoms with E-state index >= 15 is 0 Å². The maximum Gasteiger partial charge on any atom is 0.312 e. The van der Waals surface area contributed by atoms with Crippen LogP contribution in [0.3, 0.4) is 0 Å². The summed E-state index contributed by atoms with van der Waals surface area (Å²) >= 11 is 0. The van der Waals surface area contributed by atoms with Gasteiger partial charge >= 0.3 is 17.9 Å². The van der Waals surface area contributed by atoms with E-state index in [0.717, 1.165) is 6.42 Å². The van der Waals surface area contributed by atoms with Gasteiger partial charge in [0.15, 0.2) is 0 Å². The first-order valence-corrected chi connectivity index (χ1v) is 15.0. The molecule has 0 bridgehead atoms. The van der Waals surface area contributed by atoms with Gasteiger partial charge in [-0.25, -0.2) is 0 Å². The second-order valence-corrected chi connectivity index (χ2v) is 13.4. The van der Waals surface area contributed by atoms with Gasteiger partial charge in [0.05, 0.1) is 36.1 Å². The molecule has 0 aromatic heterocycles. The minimum atomic E-state index is -0.372. The van der Waals surface area contributed by atoms with E-state index in [1.54, 1.807) is 0 Å². The van der Waals surface area contributed by atoms with Gasteiger partial charge in [-0.15, -0.1) is 0 Å². The minimum Gasteiger partial charge on any atom is -0.466 e. The van der Waals surface area contributed by atoms with Crippen molar-refractivity contribution < 1.29 is 28.6 Å². The molecule has 2 atom stereocenters. The van der Waals surface area contributed by atoms with Crippen molar-refractivity contribution in [3.63, 3.8) is 0 Å². The monoisotopic (exact) mass is 655 g/mol. The van der Waals surface area contributed by atoms with E-state index < -0.39 is 0 Å². The summed E-state index contributed by atoms with van der Waals surface area (Å²) in [5.74, 6) is 1.23. The van der Waals surface area contributed by atoms with Crippen molar-refractivity contribution in [3.05, 3.63) is 0 Å². The summed E-state index contributed by atoms with van der Waals surface area (Å²) < 4.78 is 15.2. The zero-order valence-electron chi connectivity index (χ0n) is 29.1. The van der Waals surface area contributed by atoms with Gasteiger partial charge in [-0.3, -0.25) is 14.4 Å². The molecule has 0 aliphatic rings. The van der Waals surface area contributed by atoms with Gasteiger partial charge in [0.2, 0.25) is 0 Å². The van der Waals surface area contributed by atoms with E-state index in [9.17, 15) is 14.4 Å². The topological polar surface area (TPSA) is 78.9 Å². The summed E-state index contributed by atoms with van der Waals surface area (Å²) in [6, 6.07) is 0. The lowest BCUT2D eigenvalue weighted by Gasteiger charge is -2.38. The molecule has 0 aromatic rings. The lowest BCUT2D eigenvalue weighted by atomic mass is 9.66. The molecule has 0 fully saturated rings. The third-order valence-electron chi connectivity index (χ3n) is 9.14. The maximum atomic E-state index is 11.7. The van der Waals surface area contributed by atoms with Crippen molar-refractivity contribution in [2.45, 2.75) is 176 Å². The molecule has 0 saturated carbocycles. The zero-order chi connectivity index (χ0) is 32.0. The Hall–Kier alpha value is -1.59. The number of carbonyl (C=O) groups excluding carboxylic acids is 3. The Kier molecular flexibility index (Phi) is 41.9. The van der Waals surface area contributed by atoms with Crippen molar-refractivity contribution in [3.8, 4) is 0 Å². The van der Waals surface area contributed by atoms with E-state index in [4.69, 9.17) is 14.2 Å². The van der Waals surface area contributed by atoms with Crippen LogP contribution in [0.25, 0.3) is 0 Å². The van der Waals surface area contributed by atoms with Gasteiger partial charge < -0.3 is 14.2 Å². The minimum absolute atomic E-state index is 0. The maximum absolute atomic E-state index is 11.7. The number of hydrogen-bond acceptors (Lipinski definition) is 6. The molecule has 0 saturated heterocycles. The third-order valence-corrected chi connectivity index (χ3v) is 9.14. The Bertz CT molecular complexity index is 690. The molecule has 0 amide bonds. The van der Waals surface area contributed by atoms with E-state index in [-0.39, 0.29) is 84.1 Å². The molecular weight excluding hydrogens is 564 g/mol. The number of carbonyl (C=O) groups is 3. The number of rotatable bonds is 11. The molecule has 6 heteroatoms. The molecule has 45 heavy (non-hydrogen) atoms. The van der Waals surface area contributed by atoms with Crippen LogP contribution in [-0.2, 0) is 28.6 Å². The molecule has 0 radical (unpaired) electrons. The van der Waals surface area contributed by atoms with Crippen molar-refractivity contribution in [1.82, 2.24) is 0 Å². The molecule has 0 N–H and O–H groups in total. The number of ether oxygens (including phenoxy) is 3. The van der Waals surface area contributed by atoms with Crippen molar-refractivity contribution >= 4 is 17.9 Å². The Balaban J connectivity index is -0.0000000579. The summed E-state index contributed by atoms with van der Waals surface area (Å²) in [4.78, 5) is 35.0. The van der Waals surface area contributed by atoms with Crippen LogP contribution in [0.5, 0.6) is 0 Å². The van der Waals surface area contributed by atoms with Gasteiger partial charge in [-0.2, -0.15) is 0 Å². The van der Waals surface area contributed by atoms with Crippen molar-refractivity contribution in [2.24, 2.45) is 45.3 Å². The third kappa shape index (κ3) is 19.6. The molecule has 282 valence electrons. The Morgan fingerprint density at radius 3 is 1.02 bits per heavy atom. The summed E-state index contributed by atoms with van der Waals surface area (Å²) in [7, 11) is 0.